The molecule has 1 aliphatic heterocycles. The zero-order valence-corrected chi connectivity index (χ0v) is 17.6. The molecular weight excluding hydrogens is 419 g/mol. The summed E-state index contributed by atoms with van der Waals surface area (Å²) < 4.78 is 13.4. The van der Waals surface area contributed by atoms with Gasteiger partial charge in [0.05, 0.1) is 16.9 Å². The SMILES string of the molecule is Nc1ncc(-c2ccc(F)c(Cl)c2)nc1C(=O)Nc1cc(CCN2CCCC2)ccn1. The number of carbonyl (C=O) groups is 1. The number of halogens is 2. The summed E-state index contributed by atoms with van der Waals surface area (Å²) in [6, 6.07) is 7.95. The lowest BCUT2D eigenvalue weighted by Crippen LogP contribution is -2.22. The number of nitrogens with zero attached hydrogens (tertiary/aromatic N) is 4. The third-order valence-corrected chi connectivity index (χ3v) is 5.50. The van der Waals surface area contributed by atoms with Crippen molar-refractivity contribution in [1.29, 1.82) is 0 Å². The van der Waals surface area contributed by atoms with E-state index in [1.54, 1.807) is 6.20 Å². The highest BCUT2D eigenvalue weighted by molar-refractivity contribution is 6.31. The van der Waals surface area contributed by atoms with Gasteiger partial charge in [0, 0.05) is 18.3 Å². The van der Waals surface area contributed by atoms with Crippen molar-refractivity contribution in [1.82, 2.24) is 19.9 Å². The molecule has 0 bridgehead atoms. The monoisotopic (exact) mass is 440 g/mol. The Balaban J connectivity index is 1.49. The number of amides is 1. The van der Waals surface area contributed by atoms with Gasteiger partial charge in [-0.15, -0.1) is 0 Å². The predicted molar refractivity (Wildman–Crippen MR) is 118 cm³/mol. The lowest BCUT2D eigenvalue weighted by Gasteiger charge is -2.14. The maximum atomic E-state index is 13.4. The van der Waals surface area contributed by atoms with Gasteiger partial charge in [0.2, 0.25) is 0 Å². The van der Waals surface area contributed by atoms with Gasteiger partial charge >= 0.3 is 0 Å². The first-order valence-corrected chi connectivity index (χ1v) is 10.4. The lowest BCUT2D eigenvalue weighted by atomic mass is 10.1. The van der Waals surface area contributed by atoms with Crippen LogP contribution in [0, 0.1) is 5.82 Å². The molecule has 1 aromatic carbocycles. The number of carbonyl (C=O) groups excluding carboxylic acids is 1. The summed E-state index contributed by atoms with van der Waals surface area (Å²) in [5.74, 6) is -0.660. The largest absolute Gasteiger partial charge is 0.382 e. The Bertz CT molecular complexity index is 1100. The molecule has 0 aliphatic carbocycles. The van der Waals surface area contributed by atoms with Crippen LogP contribution in [0.15, 0.2) is 42.7 Å². The first-order valence-electron chi connectivity index (χ1n) is 10.1. The van der Waals surface area contributed by atoms with Crippen LogP contribution in [0.2, 0.25) is 5.02 Å². The van der Waals surface area contributed by atoms with Crippen LogP contribution in [0.5, 0.6) is 0 Å². The average Bonchev–Trinajstić information content (AvgIpc) is 3.28. The first-order chi connectivity index (χ1) is 15.0. The van der Waals surface area contributed by atoms with Crippen molar-refractivity contribution in [3.05, 3.63) is 64.8 Å². The second kappa shape index (κ2) is 9.36. The second-order valence-electron chi connectivity index (χ2n) is 7.42. The van der Waals surface area contributed by atoms with Crippen molar-refractivity contribution in [2.75, 3.05) is 30.7 Å². The van der Waals surface area contributed by atoms with E-state index >= 15 is 0 Å². The van der Waals surface area contributed by atoms with Crippen LogP contribution in [-0.2, 0) is 6.42 Å². The molecule has 1 amide bonds. The van der Waals surface area contributed by atoms with Crippen molar-refractivity contribution >= 4 is 29.1 Å². The Labute approximate surface area is 184 Å². The molecule has 1 fully saturated rings. The molecule has 7 nitrogen and oxygen atoms in total. The number of nitrogens with one attached hydrogen (secondary N) is 1. The van der Waals surface area contributed by atoms with Gasteiger partial charge in [-0.2, -0.15) is 0 Å². The highest BCUT2D eigenvalue weighted by atomic mass is 35.5. The number of aromatic nitrogens is 3. The highest BCUT2D eigenvalue weighted by Crippen LogP contribution is 2.24. The van der Waals surface area contributed by atoms with Gasteiger partial charge in [-0.05, 0) is 68.2 Å². The quantitative estimate of drug-likeness (QED) is 0.605. The molecular formula is C22H22ClFN6O. The van der Waals surface area contributed by atoms with Gasteiger partial charge in [0.15, 0.2) is 11.5 Å². The lowest BCUT2D eigenvalue weighted by molar-refractivity contribution is 0.102. The van der Waals surface area contributed by atoms with E-state index in [9.17, 15) is 9.18 Å². The fourth-order valence-corrected chi connectivity index (χ4v) is 3.71. The van der Waals surface area contributed by atoms with E-state index in [4.69, 9.17) is 17.3 Å². The van der Waals surface area contributed by atoms with Crippen molar-refractivity contribution in [3.63, 3.8) is 0 Å². The molecule has 3 aromatic rings. The molecule has 3 heterocycles. The van der Waals surface area contributed by atoms with E-state index in [1.807, 2.05) is 12.1 Å². The van der Waals surface area contributed by atoms with Crippen LogP contribution in [0.25, 0.3) is 11.3 Å². The summed E-state index contributed by atoms with van der Waals surface area (Å²) in [6.07, 6.45) is 6.47. The maximum absolute atomic E-state index is 13.4. The predicted octanol–water partition coefficient (Wildman–Crippen LogP) is 3.80. The van der Waals surface area contributed by atoms with E-state index in [0.717, 1.165) is 31.6 Å². The fourth-order valence-electron chi connectivity index (χ4n) is 3.53. The highest BCUT2D eigenvalue weighted by Gasteiger charge is 2.17. The molecule has 0 atom stereocenters. The number of hydrogen-bond donors (Lipinski definition) is 2. The number of rotatable bonds is 6. The standard InChI is InChI=1S/C22H22ClFN6O/c23-16-12-15(3-4-17(16)24)18-13-27-21(25)20(28-18)22(31)29-19-11-14(5-7-26-19)6-10-30-8-1-2-9-30/h3-5,7,11-13H,1-2,6,8-10H2,(H2,25,27)(H,26,29,31). The van der Waals surface area contributed by atoms with Gasteiger partial charge in [-0.3, -0.25) is 4.79 Å². The molecule has 0 spiro atoms. The van der Waals surface area contributed by atoms with Crippen molar-refractivity contribution < 1.29 is 9.18 Å². The summed E-state index contributed by atoms with van der Waals surface area (Å²) in [5.41, 5.74) is 7.80. The Kier molecular flexibility index (Phi) is 6.39. The Hall–Kier alpha value is -3.10. The molecule has 160 valence electrons. The van der Waals surface area contributed by atoms with E-state index in [0.29, 0.717) is 17.1 Å². The molecule has 0 saturated carbocycles. The summed E-state index contributed by atoms with van der Waals surface area (Å²) in [7, 11) is 0. The molecule has 3 N–H and O–H groups in total. The van der Waals surface area contributed by atoms with Crippen LogP contribution < -0.4 is 11.1 Å². The van der Waals surface area contributed by atoms with E-state index in [2.05, 4.69) is 25.2 Å². The normalized spacial score (nSPS) is 14.0. The van der Waals surface area contributed by atoms with Crippen LogP contribution in [0.1, 0.15) is 28.9 Å². The summed E-state index contributed by atoms with van der Waals surface area (Å²) >= 11 is 5.85. The number of nitrogen functional groups attached to an aromatic ring is 1. The van der Waals surface area contributed by atoms with Crippen molar-refractivity contribution in [3.8, 4) is 11.3 Å². The van der Waals surface area contributed by atoms with Gasteiger partial charge in [-0.25, -0.2) is 19.3 Å². The van der Waals surface area contributed by atoms with E-state index in [-0.39, 0.29) is 16.5 Å². The number of likely N-dealkylation sites (tertiary alicyclic amines) is 1. The Morgan fingerprint density at radius 2 is 2.00 bits per heavy atom. The number of anilines is 2. The number of pyridine rings is 1. The third kappa shape index (κ3) is 5.15. The number of hydrogen-bond acceptors (Lipinski definition) is 6. The van der Waals surface area contributed by atoms with Crippen molar-refractivity contribution in [2.45, 2.75) is 19.3 Å². The maximum Gasteiger partial charge on any atom is 0.279 e. The number of benzene rings is 1. The smallest absolute Gasteiger partial charge is 0.279 e. The minimum Gasteiger partial charge on any atom is -0.382 e. The fraction of sp³-hybridized carbons (Fsp3) is 0.273. The molecule has 0 unspecified atom stereocenters. The molecule has 2 aromatic heterocycles. The van der Waals surface area contributed by atoms with E-state index < -0.39 is 11.7 Å². The molecule has 9 heteroatoms. The van der Waals surface area contributed by atoms with Gasteiger partial charge < -0.3 is 16.0 Å². The minimum absolute atomic E-state index is 0.0142. The zero-order chi connectivity index (χ0) is 21.8. The van der Waals surface area contributed by atoms with E-state index in [1.165, 1.54) is 37.2 Å². The summed E-state index contributed by atoms with van der Waals surface area (Å²) in [4.78, 5) is 27.8. The topological polar surface area (TPSA) is 97.0 Å². The number of nitrogens with two attached hydrogens (primary N) is 1. The molecule has 0 radical (unpaired) electrons. The Morgan fingerprint density at radius 1 is 1.19 bits per heavy atom. The molecule has 1 saturated heterocycles. The average molecular weight is 441 g/mol. The molecule has 4 rings (SSSR count). The third-order valence-electron chi connectivity index (χ3n) is 5.21. The van der Waals surface area contributed by atoms with Crippen LogP contribution in [0.3, 0.4) is 0 Å². The molecule has 1 aliphatic rings. The van der Waals surface area contributed by atoms with Gasteiger partial charge in [0.1, 0.15) is 11.6 Å². The Morgan fingerprint density at radius 3 is 2.77 bits per heavy atom. The zero-order valence-electron chi connectivity index (χ0n) is 16.8. The van der Waals surface area contributed by atoms with Crippen molar-refractivity contribution in [2.24, 2.45) is 0 Å². The summed E-state index contributed by atoms with van der Waals surface area (Å²) in [5, 5.41) is 2.69. The minimum atomic E-state index is -0.539. The van der Waals surface area contributed by atoms with Crippen LogP contribution in [-0.4, -0.2) is 45.4 Å². The van der Waals surface area contributed by atoms with Crippen LogP contribution in [0.4, 0.5) is 16.0 Å². The second-order valence-corrected chi connectivity index (χ2v) is 7.83. The molecule has 31 heavy (non-hydrogen) atoms. The first kappa shape index (κ1) is 21.1. The van der Waals surface area contributed by atoms with Gasteiger partial charge in [-0.1, -0.05) is 11.6 Å². The van der Waals surface area contributed by atoms with Gasteiger partial charge in [0.25, 0.3) is 5.91 Å². The van der Waals surface area contributed by atoms with Crippen LogP contribution >= 0.6 is 11.6 Å². The summed E-state index contributed by atoms with van der Waals surface area (Å²) in [6.45, 7) is 3.27.